The Morgan fingerprint density at radius 2 is 1.36 bits per heavy atom. The Kier molecular flexibility index (Phi) is 6.77. The van der Waals surface area contributed by atoms with Crippen molar-refractivity contribution in [3.05, 3.63) is 79.3 Å². The molecule has 0 N–H and O–H groups in total. The topological polar surface area (TPSA) is 0 Å². The van der Waals surface area contributed by atoms with Crippen molar-refractivity contribution in [2.24, 2.45) is 0 Å². The van der Waals surface area contributed by atoms with Crippen LogP contribution in [0.15, 0.2) is 68.2 Å². The van der Waals surface area contributed by atoms with Gasteiger partial charge in [0.15, 0.2) is 0 Å². The molecule has 2 aliphatic carbocycles. The summed E-state index contributed by atoms with van der Waals surface area (Å²) < 4.78 is 1.72. The van der Waals surface area contributed by atoms with Crippen molar-refractivity contribution in [2.75, 3.05) is 0 Å². The smallest absolute Gasteiger partial charge is 1.00 e. The zero-order valence-corrected chi connectivity index (χ0v) is 19.9. The molecular weight excluding hydrogens is 442 g/mol. The number of hydrogen-bond donors (Lipinski definition) is 0. The average Bonchev–Trinajstić information content (AvgIpc) is 3.01. The van der Waals surface area contributed by atoms with Crippen LogP contribution >= 0.6 is 0 Å². The predicted molar refractivity (Wildman–Crippen MR) is 96.9 cm³/mol. The van der Waals surface area contributed by atoms with Crippen LogP contribution in [0, 0.1) is 0 Å². The van der Waals surface area contributed by atoms with Gasteiger partial charge in [0.1, 0.15) is 0 Å². The minimum atomic E-state index is -0.748. The fraction of sp³-hybridized carbons (Fsp3) is 0.238. The van der Waals surface area contributed by atoms with Gasteiger partial charge in [-0.2, -0.15) is 0 Å². The summed E-state index contributed by atoms with van der Waals surface area (Å²) in [7, 11) is -0.748. The van der Waals surface area contributed by atoms with Crippen LogP contribution in [0.25, 0.3) is 11.1 Å². The number of allylic oxidation sites excluding steroid dienone is 4. The van der Waals surface area contributed by atoms with Crippen LogP contribution in [-0.2, 0) is 24.7 Å². The van der Waals surface area contributed by atoms with Crippen LogP contribution in [0.4, 0.5) is 0 Å². The van der Waals surface area contributed by atoms with Crippen molar-refractivity contribution in [3.63, 3.8) is 0 Å². The molecule has 0 amide bonds. The van der Waals surface area contributed by atoms with Crippen LogP contribution in [0.5, 0.6) is 0 Å². The Hall–Kier alpha value is -0.400. The molecule has 2 aromatic carbocycles. The predicted octanol–water partition coefficient (Wildman–Crippen LogP) is -0.646. The summed E-state index contributed by atoms with van der Waals surface area (Å²) in [6, 6.07) is 18.0. The molecular formula is C21H21Cl2SiZr. The minimum absolute atomic E-state index is 0. The van der Waals surface area contributed by atoms with Crippen molar-refractivity contribution in [3.8, 4) is 11.1 Å². The van der Waals surface area contributed by atoms with Gasteiger partial charge in [-0.1, -0.05) is 0 Å². The molecule has 25 heavy (non-hydrogen) atoms. The number of fused-ring (bicyclic) bond motifs is 3. The van der Waals surface area contributed by atoms with Crippen LogP contribution in [-0.4, -0.2) is 8.80 Å². The van der Waals surface area contributed by atoms with Crippen molar-refractivity contribution >= 4 is 8.80 Å². The first-order chi connectivity index (χ1) is 11.1. The van der Waals surface area contributed by atoms with Crippen LogP contribution in [0.2, 0.25) is 13.1 Å². The molecule has 0 fully saturated rings. The minimum Gasteiger partial charge on any atom is -1.00 e. The molecule has 0 atom stereocenters. The van der Waals surface area contributed by atoms with Crippen LogP contribution in [0.1, 0.15) is 30.4 Å². The summed E-state index contributed by atoms with van der Waals surface area (Å²) in [5.41, 5.74) is 9.19. The first-order valence-corrected chi connectivity index (χ1v) is 12.5. The van der Waals surface area contributed by atoms with Gasteiger partial charge < -0.3 is 24.8 Å². The second kappa shape index (κ2) is 8.09. The van der Waals surface area contributed by atoms with E-state index < -0.39 is 8.80 Å². The van der Waals surface area contributed by atoms with Crippen molar-refractivity contribution < 1.29 is 49.5 Å². The van der Waals surface area contributed by atoms with Gasteiger partial charge in [0.05, 0.1) is 0 Å². The summed E-state index contributed by atoms with van der Waals surface area (Å²) in [4.78, 5) is 0. The normalized spacial score (nSPS) is 15.9. The molecule has 0 bridgehead atoms. The molecule has 4 heteroatoms. The first kappa shape index (κ1) is 20.9. The van der Waals surface area contributed by atoms with Crippen LogP contribution < -0.4 is 24.8 Å². The van der Waals surface area contributed by atoms with Gasteiger partial charge in [-0.25, -0.2) is 0 Å². The monoisotopic (exact) mass is 461 g/mol. The second-order valence-corrected chi connectivity index (χ2v) is 11.4. The zero-order valence-electron chi connectivity index (χ0n) is 14.7. The molecule has 127 valence electrons. The van der Waals surface area contributed by atoms with E-state index in [-0.39, 0.29) is 24.8 Å². The number of rotatable bonds is 2. The molecule has 0 saturated heterocycles. The van der Waals surface area contributed by atoms with Gasteiger partial charge in [-0.05, 0) is 0 Å². The van der Waals surface area contributed by atoms with Gasteiger partial charge in [0.25, 0.3) is 0 Å². The van der Waals surface area contributed by atoms with E-state index in [1.807, 2.05) is 0 Å². The Labute approximate surface area is 180 Å². The molecule has 0 saturated carbocycles. The zero-order chi connectivity index (χ0) is 16.1. The van der Waals surface area contributed by atoms with Crippen molar-refractivity contribution in [1.29, 1.82) is 0 Å². The Bertz CT molecular complexity index is 822. The number of hydrogen-bond acceptors (Lipinski definition) is 0. The second-order valence-electron chi connectivity index (χ2n) is 6.98. The Balaban J connectivity index is 0.00000113. The van der Waals surface area contributed by atoms with Crippen molar-refractivity contribution in [1.82, 2.24) is 0 Å². The first-order valence-electron chi connectivity index (χ1n) is 8.42. The van der Waals surface area contributed by atoms with Gasteiger partial charge >= 0.3 is 156 Å². The number of halogens is 2. The molecule has 2 aromatic rings. The van der Waals surface area contributed by atoms with E-state index in [1.165, 1.54) is 28.7 Å². The third-order valence-electron chi connectivity index (χ3n) is 5.34. The summed E-state index contributed by atoms with van der Waals surface area (Å²) in [5, 5.41) is 1.76. The van der Waals surface area contributed by atoms with E-state index in [0.29, 0.717) is 5.92 Å². The summed E-state index contributed by atoms with van der Waals surface area (Å²) in [6.45, 7) is 7.34. The maximum atomic E-state index is 2.47. The van der Waals surface area contributed by atoms with Gasteiger partial charge in [0, 0.05) is 0 Å². The van der Waals surface area contributed by atoms with E-state index >= 15 is 0 Å². The van der Waals surface area contributed by atoms with E-state index in [0.717, 1.165) is 0 Å². The van der Waals surface area contributed by atoms with Gasteiger partial charge in [-0.3, -0.25) is 0 Å². The summed E-state index contributed by atoms with van der Waals surface area (Å²) >= 11 is 1.62. The molecule has 0 heterocycles. The molecule has 0 radical (unpaired) electrons. The fourth-order valence-electron chi connectivity index (χ4n) is 4.45. The Morgan fingerprint density at radius 3 is 1.80 bits per heavy atom. The SMILES string of the molecule is CC1=C(C2c3ccccc3-c3ccccc32)C[C]([Zr+2])=C1[SiH](C)C.[Cl-].[Cl-]. The largest absolute Gasteiger partial charge is 1.00 e. The van der Waals surface area contributed by atoms with Crippen molar-refractivity contribution in [2.45, 2.75) is 32.4 Å². The quantitative estimate of drug-likeness (QED) is 0.520. The van der Waals surface area contributed by atoms with E-state index in [1.54, 1.807) is 44.3 Å². The van der Waals surface area contributed by atoms with Gasteiger partial charge in [-0.15, -0.1) is 0 Å². The van der Waals surface area contributed by atoms with Gasteiger partial charge in [0.2, 0.25) is 0 Å². The summed E-state index contributed by atoms with van der Waals surface area (Å²) in [5.74, 6) is 0.475. The number of benzene rings is 2. The van der Waals surface area contributed by atoms with Crippen LogP contribution in [0.3, 0.4) is 0 Å². The maximum absolute atomic E-state index is 2.47. The van der Waals surface area contributed by atoms with E-state index in [2.05, 4.69) is 68.5 Å². The molecule has 0 aliphatic heterocycles. The average molecular weight is 464 g/mol. The molecule has 4 rings (SSSR count). The Morgan fingerprint density at radius 1 is 0.880 bits per heavy atom. The molecule has 0 aromatic heterocycles. The fourth-order valence-corrected chi connectivity index (χ4v) is 9.36. The molecule has 0 spiro atoms. The molecule has 2 aliphatic rings. The molecule has 0 nitrogen and oxygen atoms in total. The third-order valence-corrected chi connectivity index (χ3v) is 9.08. The molecule has 0 unspecified atom stereocenters. The van der Waals surface area contributed by atoms with E-state index in [9.17, 15) is 0 Å². The van der Waals surface area contributed by atoms with E-state index in [4.69, 9.17) is 0 Å². The maximum Gasteiger partial charge on any atom is -1.00 e. The standard InChI is InChI=1S/C21H21Si.2ClH.Zr/c1-14-15(12-13-20(14)22(2)3)21-18-10-6-4-8-16(18)17-9-5-7-11-19(17)21;;;/h4-11,21-22H,12H2,1-3H3;2*1H;/q;;;+2/p-2. The summed E-state index contributed by atoms with van der Waals surface area (Å²) in [6.07, 6.45) is 1.21. The third kappa shape index (κ3) is 3.32.